The summed E-state index contributed by atoms with van der Waals surface area (Å²) in [5, 5.41) is 0. The first kappa shape index (κ1) is 6.41. The minimum absolute atomic E-state index is 0.851. The van der Waals surface area contributed by atoms with Gasteiger partial charge in [0.1, 0.15) is 0 Å². The molecule has 2 aliphatic rings. The van der Waals surface area contributed by atoms with Gasteiger partial charge in [-0.05, 0) is 31.6 Å². The number of fused-ring (bicyclic) bond motifs is 1. The summed E-state index contributed by atoms with van der Waals surface area (Å²) < 4.78 is 5.41. The molecule has 1 fully saturated rings. The Morgan fingerprint density at radius 2 is 2.20 bits per heavy atom. The zero-order chi connectivity index (χ0) is 6.97. The van der Waals surface area contributed by atoms with Crippen LogP contribution < -0.4 is 0 Å². The fourth-order valence-corrected chi connectivity index (χ4v) is 1.98. The van der Waals surface area contributed by atoms with Crippen molar-refractivity contribution in [2.75, 3.05) is 13.2 Å². The van der Waals surface area contributed by atoms with Gasteiger partial charge < -0.3 is 4.74 Å². The molecular weight excluding hydrogens is 124 g/mol. The predicted octanol–water partition coefficient (Wildman–Crippen LogP) is 1.99. The van der Waals surface area contributed by atoms with E-state index in [1.165, 1.54) is 12.8 Å². The first-order valence-electron chi connectivity index (χ1n) is 4.09. The molecule has 2 rings (SSSR count). The van der Waals surface area contributed by atoms with Gasteiger partial charge in [0.25, 0.3) is 0 Å². The second-order valence-electron chi connectivity index (χ2n) is 3.55. The number of hydrogen-bond acceptors (Lipinski definition) is 1. The molecule has 1 heteroatoms. The van der Waals surface area contributed by atoms with Gasteiger partial charge in [0, 0.05) is 0 Å². The Labute approximate surface area is 62.1 Å². The number of rotatable bonds is 0. The van der Waals surface area contributed by atoms with Crippen LogP contribution in [0.4, 0.5) is 0 Å². The van der Waals surface area contributed by atoms with E-state index in [9.17, 15) is 0 Å². The Balaban J connectivity index is 2.08. The maximum absolute atomic E-state index is 5.41. The maximum atomic E-state index is 5.41. The van der Waals surface area contributed by atoms with E-state index in [1.807, 2.05) is 0 Å². The monoisotopic (exact) mass is 138 g/mol. The fourth-order valence-electron chi connectivity index (χ4n) is 1.98. The molecule has 0 aromatic carbocycles. The lowest BCUT2D eigenvalue weighted by atomic mass is 9.83. The van der Waals surface area contributed by atoms with Gasteiger partial charge in [0.05, 0.1) is 13.2 Å². The predicted molar refractivity (Wildman–Crippen MR) is 40.8 cm³/mol. The van der Waals surface area contributed by atoms with Gasteiger partial charge in [0.15, 0.2) is 0 Å². The van der Waals surface area contributed by atoms with E-state index in [1.54, 1.807) is 5.57 Å². The molecule has 10 heavy (non-hydrogen) atoms. The van der Waals surface area contributed by atoms with Crippen molar-refractivity contribution in [2.24, 2.45) is 11.8 Å². The van der Waals surface area contributed by atoms with Crippen LogP contribution in [-0.2, 0) is 4.74 Å². The average molecular weight is 138 g/mol. The van der Waals surface area contributed by atoms with Crippen LogP contribution in [0.3, 0.4) is 0 Å². The van der Waals surface area contributed by atoms with Crippen molar-refractivity contribution in [3.05, 3.63) is 11.6 Å². The molecule has 0 N–H and O–H groups in total. The lowest BCUT2D eigenvalue weighted by Gasteiger charge is -2.21. The van der Waals surface area contributed by atoms with Crippen molar-refractivity contribution < 1.29 is 4.74 Å². The van der Waals surface area contributed by atoms with E-state index in [0.717, 1.165) is 25.0 Å². The van der Waals surface area contributed by atoms with E-state index in [2.05, 4.69) is 13.0 Å². The molecule has 0 spiro atoms. The highest BCUT2D eigenvalue weighted by Crippen LogP contribution is 2.33. The van der Waals surface area contributed by atoms with Crippen molar-refractivity contribution in [1.82, 2.24) is 0 Å². The highest BCUT2D eigenvalue weighted by molar-refractivity contribution is 5.06. The molecule has 0 radical (unpaired) electrons. The summed E-state index contributed by atoms with van der Waals surface area (Å²) >= 11 is 0. The third kappa shape index (κ3) is 0.988. The summed E-state index contributed by atoms with van der Waals surface area (Å²) in [6.45, 7) is 4.25. The van der Waals surface area contributed by atoms with Crippen molar-refractivity contribution in [3.8, 4) is 0 Å². The molecule has 1 aliphatic heterocycles. The molecule has 0 saturated carbocycles. The molecule has 0 aromatic rings. The van der Waals surface area contributed by atoms with Gasteiger partial charge in [-0.15, -0.1) is 0 Å². The van der Waals surface area contributed by atoms with Gasteiger partial charge in [-0.25, -0.2) is 0 Å². The Hall–Kier alpha value is -0.300. The molecule has 1 heterocycles. The van der Waals surface area contributed by atoms with Crippen LogP contribution in [-0.4, -0.2) is 13.2 Å². The highest BCUT2D eigenvalue weighted by Gasteiger charge is 2.29. The second kappa shape index (κ2) is 2.39. The van der Waals surface area contributed by atoms with Crippen molar-refractivity contribution in [3.63, 3.8) is 0 Å². The van der Waals surface area contributed by atoms with Crippen molar-refractivity contribution in [2.45, 2.75) is 19.8 Å². The summed E-state index contributed by atoms with van der Waals surface area (Å²) in [5.74, 6) is 1.70. The second-order valence-corrected chi connectivity index (χ2v) is 3.55. The lowest BCUT2D eigenvalue weighted by Crippen LogP contribution is -2.15. The smallest absolute Gasteiger partial charge is 0.0501 e. The largest absolute Gasteiger partial charge is 0.381 e. The minimum Gasteiger partial charge on any atom is -0.381 e. The van der Waals surface area contributed by atoms with E-state index >= 15 is 0 Å². The van der Waals surface area contributed by atoms with Gasteiger partial charge in [-0.2, -0.15) is 0 Å². The average Bonchev–Trinajstić information content (AvgIpc) is 2.33. The van der Waals surface area contributed by atoms with Crippen LogP contribution in [0.1, 0.15) is 19.8 Å². The first-order chi connectivity index (χ1) is 4.86. The van der Waals surface area contributed by atoms with Crippen molar-refractivity contribution in [1.29, 1.82) is 0 Å². The maximum Gasteiger partial charge on any atom is 0.0501 e. The van der Waals surface area contributed by atoms with E-state index in [4.69, 9.17) is 4.74 Å². The summed E-state index contributed by atoms with van der Waals surface area (Å²) in [6.07, 6.45) is 4.91. The van der Waals surface area contributed by atoms with Crippen LogP contribution in [0.2, 0.25) is 0 Å². The van der Waals surface area contributed by atoms with E-state index < -0.39 is 0 Å². The Kier molecular flexibility index (Phi) is 1.53. The van der Waals surface area contributed by atoms with E-state index in [0.29, 0.717) is 0 Å². The van der Waals surface area contributed by atoms with Crippen LogP contribution in [0, 0.1) is 11.8 Å². The number of hydrogen-bond donors (Lipinski definition) is 0. The molecule has 2 atom stereocenters. The molecule has 0 aromatic heterocycles. The van der Waals surface area contributed by atoms with Crippen LogP contribution >= 0.6 is 0 Å². The van der Waals surface area contributed by atoms with Gasteiger partial charge >= 0.3 is 0 Å². The summed E-state index contributed by atoms with van der Waals surface area (Å²) in [7, 11) is 0. The van der Waals surface area contributed by atoms with Crippen LogP contribution in [0.25, 0.3) is 0 Å². The van der Waals surface area contributed by atoms with Gasteiger partial charge in [0.2, 0.25) is 0 Å². The summed E-state index contributed by atoms with van der Waals surface area (Å²) in [6, 6.07) is 0. The molecule has 1 nitrogen and oxygen atoms in total. The Morgan fingerprint density at radius 3 is 3.10 bits per heavy atom. The molecule has 56 valence electrons. The van der Waals surface area contributed by atoms with Gasteiger partial charge in [-0.1, -0.05) is 11.6 Å². The van der Waals surface area contributed by atoms with Gasteiger partial charge in [-0.3, -0.25) is 0 Å². The van der Waals surface area contributed by atoms with E-state index in [-0.39, 0.29) is 0 Å². The summed E-state index contributed by atoms with van der Waals surface area (Å²) in [5.41, 5.74) is 1.56. The number of allylic oxidation sites excluding steroid dienone is 2. The zero-order valence-corrected chi connectivity index (χ0v) is 6.47. The fraction of sp³-hybridized carbons (Fsp3) is 0.778. The van der Waals surface area contributed by atoms with Crippen molar-refractivity contribution >= 4 is 0 Å². The Bertz CT molecular complexity index is 160. The highest BCUT2D eigenvalue weighted by atomic mass is 16.5. The molecular formula is C9H14O. The molecule has 1 aliphatic carbocycles. The first-order valence-corrected chi connectivity index (χ1v) is 4.09. The zero-order valence-electron chi connectivity index (χ0n) is 6.47. The number of ether oxygens (including phenoxy) is 1. The molecule has 0 amide bonds. The topological polar surface area (TPSA) is 9.23 Å². The summed E-state index contributed by atoms with van der Waals surface area (Å²) in [4.78, 5) is 0. The minimum atomic E-state index is 0.851. The SMILES string of the molecule is CC1=CCC2COCC2C1. The van der Waals surface area contributed by atoms with Crippen LogP contribution in [0.5, 0.6) is 0 Å². The Morgan fingerprint density at radius 1 is 1.40 bits per heavy atom. The van der Waals surface area contributed by atoms with Crippen LogP contribution in [0.15, 0.2) is 11.6 Å². The third-order valence-electron chi connectivity index (χ3n) is 2.68. The normalized spacial score (nSPS) is 39.1. The molecule has 1 saturated heterocycles. The molecule has 2 unspecified atom stereocenters. The quantitative estimate of drug-likeness (QED) is 0.465. The lowest BCUT2D eigenvalue weighted by molar-refractivity contribution is 0.181. The molecule has 0 bridgehead atoms. The third-order valence-corrected chi connectivity index (χ3v) is 2.68. The standard InChI is InChI=1S/C9H14O/c1-7-2-3-8-5-10-6-9(8)4-7/h2,8-9H,3-6H2,1H3.